The molecule has 3 fully saturated rings. The Morgan fingerprint density at radius 3 is 1.71 bits per heavy atom. The molecule has 0 radical (unpaired) electrons. The summed E-state index contributed by atoms with van der Waals surface area (Å²) in [5.74, 6) is -5.58. The lowest BCUT2D eigenvalue weighted by atomic mass is 9.93. The van der Waals surface area contributed by atoms with Crippen molar-refractivity contribution in [3.63, 3.8) is 0 Å². The van der Waals surface area contributed by atoms with E-state index in [1.807, 2.05) is 84.9 Å². The van der Waals surface area contributed by atoms with Gasteiger partial charge in [-0.3, -0.25) is 33.7 Å². The minimum Gasteiger partial charge on any atom is -0.480 e. The highest BCUT2D eigenvalue weighted by Crippen LogP contribution is 2.44. The van der Waals surface area contributed by atoms with Crippen molar-refractivity contribution in [1.82, 2.24) is 30.7 Å². The topological polar surface area (TPSA) is 221 Å². The molecule has 0 aromatic heterocycles. The van der Waals surface area contributed by atoms with E-state index in [1.54, 1.807) is 42.5 Å². The lowest BCUT2D eigenvalue weighted by Gasteiger charge is -2.31. The monoisotopic (exact) mass is 1060 g/mol. The van der Waals surface area contributed by atoms with Crippen LogP contribution in [0.2, 0.25) is 0 Å². The van der Waals surface area contributed by atoms with Gasteiger partial charge in [-0.1, -0.05) is 140 Å². The van der Waals surface area contributed by atoms with Crippen molar-refractivity contribution in [3.05, 3.63) is 167 Å². The molecule has 0 unspecified atom stereocenters. The summed E-state index contributed by atoms with van der Waals surface area (Å²) < 4.78 is 12.0. The Balaban J connectivity index is 0.830. The molecule has 0 bridgehead atoms. The van der Waals surface area contributed by atoms with E-state index in [0.717, 1.165) is 33.4 Å². The van der Waals surface area contributed by atoms with E-state index >= 15 is 0 Å². The molecule has 4 aliphatic rings. The Hall–Kier alpha value is -8.18. The predicted octanol–water partition coefficient (Wildman–Crippen LogP) is 5.83. The van der Waals surface area contributed by atoms with Crippen LogP contribution in [0.25, 0.3) is 11.1 Å². The maximum atomic E-state index is 14.6. The SMILES string of the molecule is O=C(CNC(=O)[C@@H]1CCCN1C(=O)[C@@H]1CCCN1C(=O)OCC1c2ccccc2-c2ccccc21)C[C@@H](Cc1ccccc1)C(=O)N[C@@H](COCc1ccccc1)C(=O)N1CCC[C@H]1C(=O)N[C@@H](Cc1ccccc1)C(=O)O. The second-order valence-corrected chi connectivity index (χ2v) is 20.5. The number of Topliss-reactive ketones (excluding diaryl/α,β-unsaturated/α-hetero) is 1. The number of benzene rings is 5. The second-order valence-electron chi connectivity index (χ2n) is 20.5. The molecule has 3 saturated heterocycles. The summed E-state index contributed by atoms with van der Waals surface area (Å²) >= 11 is 0. The van der Waals surface area contributed by atoms with E-state index in [1.165, 1.54) is 14.7 Å². The molecule has 5 aromatic carbocycles. The zero-order valence-corrected chi connectivity index (χ0v) is 43.5. The Kier molecular flexibility index (Phi) is 18.0. The van der Waals surface area contributed by atoms with E-state index in [0.29, 0.717) is 50.8 Å². The first-order valence-electron chi connectivity index (χ1n) is 27.0. The minimum absolute atomic E-state index is 0.0330. The number of hydrogen-bond donors (Lipinski definition) is 4. The zero-order valence-electron chi connectivity index (χ0n) is 43.5. The largest absolute Gasteiger partial charge is 0.480 e. The van der Waals surface area contributed by atoms with Crippen LogP contribution in [-0.2, 0) is 62.5 Å². The van der Waals surface area contributed by atoms with Gasteiger partial charge in [0.2, 0.25) is 29.5 Å². The molecule has 5 aromatic rings. The summed E-state index contributed by atoms with van der Waals surface area (Å²) in [6.45, 7) is 0.312. The molecule has 17 nitrogen and oxygen atoms in total. The van der Waals surface area contributed by atoms with Crippen molar-refractivity contribution < 1.29 is 52.9 Å². The van der Waals surface area contributed by atoms with Crippen molar-refractivity contribution in [1.29, 1.82) is 0 Å². The average molecular weight is 1060 g/mol. The molecule has 6 atom stereocenters. The number of nitrogens with zero attached hydrogens (tertiary/aromatic N) is 3. The van der Waals surface area contributed by atoms with Crippen LogP contribution in [0.3, 0.4) is 0 Å². The number of nitrogens with one attached hydrogen (secondary N) is 3. The molecular formula is C61H66N6O11. The number of rotatable bonds is 22. The Morgan fingerprint density at radius 1 is 0.564 bits per heavy atom. The highest BCUT2D eigenvalue weighted by molar-refractivity contribution is 5.97. The lowest BCUT2D eigenvalue weighted by Crippen LogP contribution is -2.57. The van der Waals surface area contributed by atoms with Crippen molar-refractivity contribution in [2.24, 2.45) is 5.92 Å². The molecule has 0 saturated carbocycles. The Morgan fingerprint density at radius 2 is 1.09 bits per heavy atom. The molecule has 0 spiro atoms. The van der Waals surface area contributed by atoms with Crippen LogP contribution < -0.4 is 16.0 Å². The fraction of sp³-hybridized carbons (Fsp3) is 0.377. The normalized spacial score (nSPS) is 18.8. The first-order chi connectivity index (χ1) is 37.9. The molecule has 1 aliphatic carbocycles. The highest BCUT2D eigenvalue weighted by atomic mass is 16.6. The van der Waals surface area contributed by atoms with Crippen molar-refractivity contribution in [3.8, 4) is 11.1 Å². The van der Waals surface area contributed by atoms with Gasteiger partial charge in [0.15, 0.2) is 5.78 Å². The number of fused-ring (bicyclic) bond motifs is 3. The number of carbonyl (C=O) groups is 8. The third kappa shape index (κ3) is 13.1. The molecular weight excluding hydrogens is 993 g/mol. The van der Waals surface area contributed by atoms with E-state index in [-0.39, 0.29) is 63.9 Å². The molecule has 3 aliphatic heterocycles. The van der Waals surface area contributed by atoms with Crippen LogP contribution in [0.5, 0.6) is 0 Å². The number of carboxylic acids is 1. The quantitative estimate of drug-likeness (QED) is 0.0646. The van der Waals surface area contributed by atoms with E-state index in [4.69, 9.17) is 9.47 Å². The number of likely N-dealkylation sites (tertiary alicyclic amines) is 3. The van der Waals surface area contributed by atoms with Crippen LogP contribution in [-0.4, -0.2) is 137 Å². The van der Waals surface area contributed by atoms with Gasteiger partial charge in [0.1, 0.15) is 36.8 Å². The molecule has 3 heterocycles. The summed E-state index contributed by atoms with van der Waals surface area (Å²) in [6.07, 6.45) is 1.87. The van der Waals surface area contributed by atoms with Gasteiger partial charge >= 0.3 is 12.1 Å². The molecule has 4 N–H and O–H groups in total. The highest BCUT2D eigenvalue weighted by Gasteiger charge is 2.44. The maximum absolute atomic E-state index is 14.6. The van der Waals surface area contributed by atoms with Crippen LogP contribution in [0, 0.1) is 5.92 Å². The molecule has 17 heteroatoms. The fourth-order valence-corrected chi connectivity index (χ4v) is 11.4. The van der Waals surface area contributed by atoms with Crippen LogP contribution >= 0.6 is 0 Å². The van der Waals surface area contributed by atoms with Gasteiger partial charge in [0.05, 0.1) is 19.8 Å². The smallest absolute Gasteiger partial charge is 0.410 e. The third-order valence-electron chi connectivity index (χ3n) is 15.3. The van der Waals surface area contributed by atoms with E-state index in [9.17, 15) is 43.5 Å². The zero-order chi connectivity index (χ0) is 54.5. The van der Waals surface area contributed by atoms with E-state index < -0.39 is 84.1 Å². The molecule has 78 heavy (non-hydrogen) atoms. The van der Waals surface area contributed by atoms with E-state index in [2.05, 4.69) is 28.1 Å². The van der Waals surface area contributed by atoms with Crippen LogP contribution in [0.1, 0.15) is 78.7 Å². The standard InChI is InChI=1S/C61H66N6O11/c68-44(36-62-56(70)52-27-14-31-66(52)59(73)54-29-16-32-67(54)61(76)78-38-49-47-25-12-10-23-45(47)46-24-11-13-26-48(46)49)35-43(33-40-17-4-1-5-18-40)55(69)64-51(39-77-37-42-21-8-3-9-22-42)58(72)65-30-15-28-53(65)57(71)63-50(60(74)75)34-41-19-6-2-7-20-41/h1-13,17-26,43,49-54H,14-16,27-39H2,(H,62,70)(H,63,71)(H,64,69)(H,74,75)/t43-,50+,51+,52+,53+,54+/m1/s1. The van der Waals surface area contributed by atoms with Crippen LogP contribution in [0.15, 0.2) is 140 Å². The van der Waals surface area contributed by atoms with Gasteiger partial charge in [-0.2, -0.15) is 0 Å². The minimum atomic E-state index is -1.30. The van der Waals surface area contributed by atoms with Gasteiger partial charge in [-0.25, -0.2) is 9.59 Å². The van der Waals surface area contributed by atoms with Gasteiger partial charge in [-0.05, 0) is 83.9 Å². The summed E-state index contributed by atoms with van der Waals surface area (Å²) in [4.78, 5) is 115. The number of carboxylic acid groups (broad SMARTS) is 1. The number of amides is 6. The summed E-state index contributed by atoms with van der Waals surface area (Å²) in [7, 11) is 0. The summed E-state index contributed by atoms with van der Waals surface area (Å²) in [5, 5.41) is 18.2. The van der Waals surface area contributed by atoms with Crippen molar-refractivity contribution in [2.75, 3.05) is 39.4 Å². The average Bonchev–Trinajstić information content (AvgIpc) is 4.37. The van der Waals surface area contributed by atoms with Crippen LogP contribution in [0.4, 0.5) is 4.79 Å². The number of ether oxygens (including phenoxy) is 2. The number of carbonyl (C=O) groups excluding carboxylic acids is 7. The predicted molar refractivity (Wildman–Crippen MR) is 288 cm³/mol. The van der Waals surface area contributed by atoms with Gasteiger partial charge < -0.3 is 40.3 Å². The Bertz CT molecular complexity index is 2910. The maximum Gasteiger partial charge on any atom is 0.410 e. The van der Waals surface area contributed by atoms with Gasteiger partial charge in [0, 0.05) is 44.3 Å². The number of hydrogen-bond acceptors (Lipinski definition) is 10. The lowest BCUT2D eigenvalue weighted by molar-refractivity contribution is -0.145. The van der Waals surface area contributed by atoms with Gasteiger partial charge in [0.25, 0.3) is 0 Å². The second kappa shape index (κ2) is 25.8. The third-order valence-corrected chi connectivity index (χ3v) is 15.3. The first kappa shape index (κ1) is 54.6. The molecule has 6 amide bonds. The summed E-state index contributed by atoms with van der Waals surface area (Å²) in [6, 6.07) is 38.1. The van der Waals surface area contributed by atoms with Crippen molar-refractivity contribution in [2.45, 2.75) is 101 Å². The number of aliphatic carboxylic acids is 1. The molecule has 9 rings (SSSR count). The van der Waals surface area contributed by atoms with Gasteiger partial charge in [-0.15, -0.1) is 0 Å². The summed E-state index contributed by atoms with van der Waals surface area (Å²) in [5.41, 5.74) is 6.63. The Labute approximate surface area is 453 Å². The molecule has 406 valence electrons. The first-order valence-corrected chi connectivity index (χ1v) is 27.0. The van der Waals surface area contributed by atoms with Crippen molar-refractivity contribution >= 4 is 47.4 Å². The fourth-order valence-electron chi connectivity index (χ4n) is 11.4. The number of ketones is 1.